The van der Waals surface area contributed by atoms with Crippen LogP contribution in [0.3, 0.4) is 0 Å². The first kappa shape index (κ1) is 14.8. The Morgan fingerprint density at radius 3 is 2.25 bits per heavy atom. The van der Waals surface area contributed by atoms with Gasteiger partial charge in [-0.1, -0.05) is 6.07 Å². The summed E-state index contributed by atoms with van der Waals surface area (Å²) in [5.74, 6) is 0. The number of hydrogen-bond acceptors (Lipinski definition) is 0. The van der Waals surface area contributed by atoms with Crippen LogP contribution >= 0.6 is 24.8 Å². The second kappa shape index (κ2) is 6.77. The van der Waals surface area contributed by atoms with E-state index in [1.807, 2.05) is 0 Å². The number of halogens is 2. The minimum atomic E-state index is 0. The third-order valence-corrected chi connectivity index (χ3v) is 1.55. The molecule has 0 aliphatic rings. The van der Waals surface area contributed by atoms with Gasteiger partial charge in [0.25, 0.3) is 0 Å². The maximum Gasteiger partial charge on any atom is 0 e. The van der Waals surface area contributed by atoms with Crippen molar-refractivity contribution in [3.63, 3.8) is 0 Å². The van der Waals surface area contributed by atoms with Gasteiger partial charge in [0, 0.05) is 26.2 Å². The molecular weight excluding hydrogens is 270 g/mol. The van der Waals surface area contributed by atoms with Gasteiger partial charge < -0.3 is 0 Å². The maximum atomic E-state index is 2.12. The third kappa shape index (κ3) is 2.97. The Balaban J connectivity index is 0. The predicted molar refractivity (Wildman–Crippen MR) is 54.0 cm³/mol. The van der Waals surface area contributed by atoms with E-state index in [-0.39, 0.29) is 51.0 Å². The Morgan fingerprint density at radius 1 is 0.917 bits per heavy atom. The predicted octanol–water partition coefficient (Wildman–Crippen LogP) is 3.40. The van der Waals surface area contributed by atoms with Gasteiger partial charge in [-0.2, -0.15) is 17.5 Å². The van der Waals surface area contributed by atoms with E-state index >= 15 is 0 Å². The molecule has 0 unspecified atom stereocenters. The summed E-state index contributed by atoms with van der Waals surface area (Å²) in [4.78, 5) is 0. The molecular formula is C9H9Cl2Zr-. The number of hydrogen-bond donors (Lipinski definition) is 0. The summed E-state index contributed by atoms with van der Waals surface area (Å²) in [5.41, 5.74) is 0. The fourth-order valence-electron chi connectivity index (χ4n) is 1.07. The van der Waals surface area contributed by atoms with Crippen LogP contribution in [-0.4, -0.2) is 0 Å². The third-order valence-electron chi connectivity index (χ3n) is 1.55. The molecule has 0 aliphatic heterocycles. The van der Waals surface area contributed by atoms with Crippen LogP contribution in [0.15, 0.2) is 42.5 Å². The van der Waals surface area contributed by atoms with E-state index in [0.717, 1.165) is 0 Å². The summed E-state index contributed by atoms with van der Waals surface area (Å²) in [6.45, 7) is 0. The van der Waals surface area contributed by atoms with Gasteiger partial charge in [-0.3, -0.25) is 0 Å². The topological polar surface area (TPSA) is 0 Å². The Hall–Kier alpha value is 0.293. The first-order valence-electron chi connectivity index (χ1n) is 3.07. The van der Waals surface area contributed by atoms with Crippen molar-refractivity contribution in [2.45, 2.75) is 0 Å². The van der Waals surface area contributed by atoms with E-state index in [0.29, 0.717) is 0 Å². The van der Waals surface area contributed by atoms with E-state index < -0.39 is 0 Å². The van der Waals surface area contributed by atoms with Gasteiger partial charge in [-0.25, -0.2) is 0 Å². The average Bonchev–Trinajstić information content (AvgIpc) is 2.33. The van der Waals surface area contributed by atoms with Gasteiger partial charge in [0.1, 0.15) is 0 Å². The molecule has 2 rings (SSSR count). The smallest absolute Gasteiger partial charge is 0 e. The van der Waals surface area contributed by atoms with Crippen molar-refractivity contribution in [2.75, 3.05) is 0 Å². The van der Waals surface area contributed by atoms with Crippen LogP contribution in [0.5, 0.6) is 0 Å². The average molecular weight is 279 g/mol. The molecule has 12 heavy (non-hydrogen) atoms. The summed E-state index contributed by atoms with van der Waals surface area (Å²) in [7, 11) is 0. The van der Waals surface area contributed by atoms with Crippen molar-refractivity contribution >= 4 is 35.6 Å². The zero-order chi connectivity index (χ0) is 6.10. The summed E-state index contributed by atoms with van der Waals surface area (Å²) in [6.07, 6.45) is 0. The molecule has 2 aromatic carbocycles. The van der Waals surface area contributed by atoms with Crippen molar-refractivity contribution in [1.29, 1.82) is 0 Å². The molecule has 0 bridgehead atoms. The van der Waals surface area contributed by atoms with Crippen molar-refractivity contribution < 1.29 is 26.2 Å². The molecule has 0 radical (unpaired) electrons. The van der Waals surface area contributed by atoms with E-state index in [1.54, 1.807) is 0 Å². The van der Waals surface area contributed by atoms with Crippen molar-refractivity contribution in [3.05, 3.63) is 42.5 Å². The summed E-state index contributed by atoms with van der Waals surface area (Å²) >= 11 is 0. The van der Waals surface area contributed by atoms with Gasteiger partial charge in [0.15, 0.2) is 0 Å². The number of benzene rings is 1. The molecule has 0 atom stereocenters. The fourth-order valence-corrected chi connectivity index (χ4v) is 1.07. The Bertz CT molecular complexity index is 287. The van der Waals surface area contributed by atoms with Crippen LogP contribution in [-0.2, 0) is 26.2 Å². The quantitative estimate of drug-likeness (QED) is 0.648. The summed E-state index contributed by atoms with van der Waals surface area (Å²) in [5, 5.41) is 2.66. The molecule has 0 amide bonds. The molecule has 0 saturated carbocycles. The summed E-state index contributed by atoms with van der Waals surface area (Å²) in [6, 6.07) is 14.7. The molecule has 2 aromatic rings. The van der Waals surface area contributed by atoms with E-state index in [9.17, 15) is 0 Å². The minimum Gasteiger partial charge on any atom is -0.168 e. The Labute approximate surface area is 104 Å². The van der Waals surface area contributed by atoms with Crippen molar-refractivity contribution in [3.8, 4) is 0 Å². The molecule has 0 spiro atoms. The Kier molecular flexibility index (Phi) is 8.35. The van der Waals surface area contributed by atoms with Crippen LogP contribution in [0.1, 0.15) is 0 Å². The van der Waals surface area contributed by atoms with Crippen LogP contribution in [0, 0.1) is 0 Å². The standard InChI is InChI=1S/C9H7.2ClH.Zr/c1-2-5-9-7-3-6-8(9)4-1;;;/h1-7H;2*1H;/q-1;;;. The van der Waals surface area contributed by atoms with Gasteiger partial charge in [0.2, 0.25) is 0 Å². The van der Waals surface area contributed by atoms with Crippen LogP contribution < -0.4 is 0 Å². The largest absolute Gasteiger partial charge is 0.168 e. The molecule has 0 nitrogen and oxygen atoms in total. The molecule has 64 valence electrons. The second-order valence-electron chi connectivity index (χ2n) is 2.15. The van der Waals surface area contributed by atoms with Gasteiger partial charge in [0.05, 0.1) is 0 Å². The molecule has 3 heteroatoms. The van der Waals surface area contributed by atoms with Crippen LogP contribution in [0.4, 0.5) is 0 Å². The Morgan fingerprint density at radius 2 is 1.58 bits per heavy atom. The SMILES string of the molecule is Cl.Cl.[Zr].c1ccc2[cH-]ccc2c1. The molecule has 0 heterocycles. The first-order valence-corrected chi connectivity index (χ1v) is 3.07. The van der Waals surface area contributed by atoms with E-state index in [1.165, 1.54) is 10.8 Å². The molecule has 0 saturated heterocycles. The molecule has 0 fully saturated rings. The van der Waals surface area contributed by atoms with E-state index in [2.05, 4.69) is 42.5 Å². The van der Waals surface area contributed by atoms with Crippen LogP contribution in [0.25, 0.3) is 10.8 Å². The van der Waals surface area contributed by atoms with Crippen LogP contribution in [0.2, 0.25) is 0 Å². The first-order chi connectivity index (χ1) is 4.47. The van der Waals surface area contributed by atoms with Gasteiger partial charge in [-0.05, 0) is 0 Å². The second-order valence-corrected chi connectivity index (χ2v) is 2.15. The molecule has 0 aliphatic carbocycles. The van der Waals surface area contributed by atoms with E-state index in [4.69, 9.17) is 0 Å². The zero-order valence-corrected chi connectivity index (χ0v) is 10.4. The number of fused-ring (bicyclic) bond motifs is 1. The normalized spacial score (nSPS) is 7.67. The van der Waals surface area contributed by atoms with Crippen molar-refractivity contribution in [2.24, 2.45) is 0 Å². The van der Waals surface area contributed by atoms with Crippen molar-refractivity contribution in [1.82, 2.24) is 0 Å². The monoisotopic (exact) mass is 277 g/mol. The zero-order valence-electron chi connectivity index (χ0n) is 6.36. The maximum absolute atomic E-state index is 2.12. The summed E-state index contributed by atoms with van der Waals surface area (Å²) < 4.78 is 0. The van der Waals surface area contributed by atoms with Gasteiger partial charge in [-0.15, -0.1) is 54.5 Å². The van der Waals surface area contributed by atoms with Gasteiger partial charge >= 0.3 is 0 Å². The molecule has 0 aromatic heterocycles. The minimum absolute atomic E-state index is 0. The fraction of sp³-hybridized carbons (Fsp3) is 0. The molecule has 0 N–H and O–H groups in total. The number of rotatable bonds is 0.